The van der Waals surface area contributed by atoms with Crippen LogP contribution in [0.4, 0.5) is 0 Å². The van der Waals surface area contributed by atoms with Gasteiger partial charge in [-0.15, -0.1) is 0 Å². The van der Waals surface area contributed by atoms with Crippen molar-refractivity contribution in [3.63, 3.8) is 0 Å². The van der Waals surface area contributed by atoms with Gasteiger partial charge >= 0.3 is 0 Å². The average Bonchev–Trinajstić information content (AvgIpc) is 3.28. The van der Waals surface area contributed by atoms with Crippen LogP contribution in [0.5, 0.6) is 0 Å². The van der Waals surface area contributed by atoms with Crippen molar-refractivity contribution in [3.8, 4) is 0 Å². The summed E-state index contributed by atoms with van der Waals surface area (Å²) in [6, 6.07) is 12.8. The van der Waals surface area contributed by atoms with E-state index in [0.29, 0.717) is 4.90 Å². The number of halogens is 1. The maximum Gasteiger partial charge on any atom is 0.268 e. The van der Waals surface area contributed by atoms with Gasteiger partial charge in [-0.05, 0) is 75.2 Å². The molecule has 1 aliphatic rings. The Labute approximate surface area is 169 Å². The lowest BCUT2D eigenvalue weighted by atomic mass is 10.1. The number of likely N-dealkylation sites (tertiary alicyclic amines) is 1. The van der Waals surface area contributed by atoms with E-state index in [9.17, 15) is 8.42 Å². The smallest absolute Gasteiger partial charge is 0.268 e. The summed E-state index contributed by atoms with van der Waals surface area (Å²) in [5.74, 6) is 0. The second-order valence-corrected chi connectivity index (χ2v) is 9.96. The minimum absolute atomic E-state index is 0.319. The van der Waals surface area contributed by atoms with Gasteiger partial charge in [-0.1, -0.05) is 33.6 Å². The number of aromatic nitrogens is 1. The lowest BCUT2D eigenvalue weighted by Gasteiger charge is -2.13. The van der Waals surface area contributed by atoms with Gasteiger partial charge in [0.25, 0.3) is 10.0 Å². The lowest BCUT2D eigenvalue weighted by molar-refractivity contribution is 0.344. The molecule has 0 aliphatic carbocycles. The Morgan fingerprint density at radius 1 is 1.04 bits per heavy atom. The van der Waals surface area contributed by atoms with Crippen LogP contribution in [-0.2, 0) is 16.4 Å². The SMILES string of the molecule is Cc1ccc(S(=O)(=O)n2cc(CCN3CCCC3)c3cc(Br)ccc32)cc1. The topological polar surface area (TPSA) is 42.3 Å². The van der Waals surface area contributed by atoms with Gasteiger partial charge in [-0.25, -0.2) is 12.4 Å². The molecule has 27 heavy (non-hydrogen) atoms. The Kier molecular flexibility index (Phi) is 5.14. The second-order valence-electron chi connectivity index (χ2n) is 7.23. The summed E-state index contributed by atoms with van der Waals surface area (Å²) in [4.78, 5) is 2.77. The Morgan fingerprint density at radius 2 is 1.74 bits per heavy atom. The molecule has 0 unspecified atom stereocenters. The summed E-state index contributed by atoms with van der Waals surface area (Å²) in [7, 11) is -3.62. The Morgan fingerprint density at radius 3 is 2.44 bits per heavy atom. The van der Waals surface area contributed by atoms with Gasteiger partial charge in [0.2, 0.25) is 0 Å². The highest BCUT2D eigenvalue weighted by atomic mass is 79.9. The third-order valence-corrected chi connectivity index (χ3v) is 7.47. The zero-order valence-electron chi connectivity index (χ0n) is 15.4. The molecule has 2 heterocycles. The van der Waals surface area contributed by atoms with Crippen molar-refractivity contribution >= 4 is 36.9 Å². The Hall–Kier alpha value is -1.63. The highest BCUT2D eigenvalue weighted by Crippen LogP contribution is 2.29. The normalized spacial score (nSPS) is 15.6. The van der Waals surface area contributed by atoms with Crippen LogP contribution in [0.15, 0.2) is 58.0 Å². The largest absolute Gasteiger partial charge is 0.303 e. The molecule has 142 valence electrons. The van der Waals surface area contributed by atoms with Crippen LogP contribution in [0, 0.1) is 6.92 Å². The fourth-order valence-electron chi connectivity index (χ4n) is 3.74. The summed E-state index contributed by atoms with van der Waals surface area (Å²) >= 11 is 3.53. The number of rotatable bonds is 5. The van der Waals surface area contributed by atoms with Crippen LogP contribution in [-0.4, -0.2) is 36.9 Å². The number of aryl methyl sites for hydroxylation is 1. The quantitative estimate of drug-likeness (QED) is 0.575. The van der Waals surface area contributed by atoms with Crippen molar-refractivity contribution in [2.24, 2.45) is 0 Å². The predicted octanol–water partition coefficient (Wildman–Crippen LogP) is 4.59. The Bertz CT molecular complexity index is 1070. The van der Waals surface area contributed by atoms with Gasteiger partial charge in [0.05, 0.1) is 10.4 Å². The van der Waals surface area contributed by atoms with Crippen molar-refractivity contribution in [2.45, 2.75) is 31.1 Å². The standard InChI is InChI=1S/C21H23BrN2O2S/c1-16-4-7-19(8-5-16)27(25,26)24-15-17(10-13-23-11-2-3-12-23)20-14-18(22)6-9-21(20)24/h4-9,14-15H,2-3,10-13H2,1H3. The number of nitrogens with zero attached hydrogens (tertiary/aromatic N) is 2. The van der Waals surface area contributed by atoms with Crippen molar-refractivity contribution in [2.75, 3.05) is 19.6 Å². The van der Waals surface area contributed by atoms with Gasteiger partial charge < -0.3 is 4.90 Å². The van der Waals surface area contributed by atoms with E-state index in [2.05, 4.69) is 20.8 Å². The van der Waals surface area contributed by atoms with E-state index in [0.717, 1.165) is 52.6 Å². The van der Waals surface area contributed by atoms with E-state index < -0.39 is 10.0 Å². The van der Waals surface area contributed by atoms with Gasteiger partial charge in [-0.3, -0.25) is 0 Å². The van der Waals surface area contributed by atoms with Crippen molar-refractivity contribution in [1.29, 1.82) is 0 Å². The van der Waals surface area contributed by atoms with Crippen LogP contribution in [0.3, 0.4) is 0 Å². The molecule has 0 amide bonds. The first-order valence-electron chi connectivity index (χ1n) is 9.29. The Balaban J connectivity index is 1.77. The van der Waals surface area contributed by atoms with Gasteiger partial charge in [0.15, 0.2) is 0 Å². The van der Waals surface area contributed by atoms with Crippen LogP contribution in [0.1, 0.15) is 24.0 Å². The molecular weight excluding hydrogens is 424 g/mol. The van der Waals surface area contributed by atoms with E-state index in [4.69, 9.17) is 0 Å². The highest BCUT2D eigenvalue weighted by Gasteiger charge is 2.22. The fraction of sp³-hybridized carbons (Fsp3) is 0.333. The maximum atomic E-state index is 13.3. The summed E-state index contributed by atoms with van der Waals surface area (Å²) in [6.45, 7) is 5.21. The molecule has 0 spiro atoms. The van der Waals surface area contributed by atoms with Crippen molar-refractivity contribution in [1.82, 2.24) is 8.87 Å². The molecule has 1 fully saturated rings. The van der Waals surface area contributed by atoms with Gasteiger partial charge in [-0.2, -0.15) is 0 Å². The molecule has 3 aromatic rings. The summed E-state index contributed by atoms with van der Waals surface area (Å²) in [6.07, 6.45) is 5.18. The molecule has 1 aliphatic heterocycles. The van der Waals surface area contributed by atoms with E-state index in [1.54, 1.807) is 12.1 Å². The van der Waals surface area contributed by atoms with Crippen LogP contribution < -0.4 is 0 Å². The van der Waals surface area contributed by atoms with E-state index in [-0.39, 0.29) is 0 Å². The van der Waals surface area contributed by atoms with E-state index in [1.165, 1.54) is 16.8 Å². The molecule has 0 bridgehead atoms. The molecule has 4 nitrogen and oxygen atoms in total. The summed E-state index contributed by atoms with van der Waals surface area (Å²) in [5, 5.41) is 0.999. The minimum Gasteiger partial charge on any atom is -0.303 e. The number of hydrogen-bond donors (Lipinski definition) is 0. The number of fused-ring (bicyclic) bond motifs is 1. The number of hydrogen-bond acceptors (Lipinski definition) is 3. The minimum atomic E-state index is -3.62. The van der Waals surface area contributed by atoms with Gasteiger partial charge in [0.1, 0.15) is 0 Å². The predicted molar refractivity (Wildman–Crippen MR) is 113 cm³/mol. The van der Waals surface area contributed by atoms with Gasteiger partial charge in [0, 0.05) is 22.6 Å². The molecule has 0 atom stereocenters. The summed E-state index contributed by atoms with van der Waals surface area (Å²) in [5.41, 5.74) is 2.85. The first-order chi connectivity index (χ1) is 12.9. The molecule has 0 saturated carbocycles. The number of benzene rings is 2. The molecular formula is C21H23BrN2O2S. The monoisotopic (exact) mass is 446 g/mol. The average molecular weight is 447 g/mol. The third-order valence-electron chi connectivity index (χ3n) is 5.29. The highest BCUT2D eigenvalue weighted by molar-refractivity contribution is 9.10. The summed E-state index contributed by atoms with van der Waals surface area (Å²) < 4.78 is 28.9. The zero-order valence-corrected chi connectivity index (χ0v) is 17.8. The maximum absolute atomic E-state index is 13.3. The van der Waals surface area contributed by atoms with Crippen LogP contribution >= 0.6 is 15.9 Å². The first-order valence-corrected chi connectivity index (χ1v) is 11.5. The molecule has 4 rings (SSSR count). The van der Waals surface area contributed by atoms with Crippen LogP contribution in [0.2, 0.25) is 0 Å². The molecule has 0 radical (unpaired) electrons. The fourth-order valence-corrected chi connectivity index (χ4v) is 5.50. The molecule has 6 heteroatoms. The van der Waals surface area contributed by atoms with E-state index >= 15 is 0 Å². The van der Waals surface area contributed by atoms with Crippen molar-refractivity contribution < 1.29 is 8.42 Å². The molecule has 1 saturated heterocycles. The zero-order chi connectivity index (χ0) is 19.0. The molecule has 0 N–H and O–H groups in total. The van der Waals surface area contributed by atoms with E-state index in [1.807, 2.05) is 43.5 Å². The third kappa shape index (κ3) is 3.71. The van der Waals surface area contributed by atoms with Crippen molar-refractivity contribution in [3.05, 3.63) is 64.3 Å². The van der Waals surface area contributed by atoms with Crippen LogP contribution in [0.25, 0.3) is 10.9 Å². The second kappa shape index (κ2) is 7.41. The molecule has 2 aromatic carbocycles. The molecule has 1 aromatic heterocycles. The first kappa shape index (κ1) is 18.7. The lowest BCUT2D eigenvalue weighted by Crippen LogP contribution is -2.21.